The largest absolute Gasteiger partial charge is 0.467 e. The number of nitrogens with zero attached hydrogens (tertiary/aromatic N) is 1. The Morgan fingerprint density at radius 1 is 1.36 bits per heavy atom. The highest BCUT2D eigenvalue weighted by Gasteiger charge is 2.06. The van der Waals surface area contributed by atoms with Crippen LogP contribution in [0.2, 0.25) is 0 Å². The van der Waals surface area contributed by atoms with Gasteiger partial charge in [0, 0.05) is 19.7 Å². The molecule has 0 aromatic carbocycles. The van der Waals surface area contributed by atoms with Crippen LogP contribution in [-0.2, 0) is 11.3 Å². The third-order valence-corrected chi connectivity index (χ3v) is 2.58. The van der Waals surface area contributed by atoms with Crippen molar-refractivity contribution in [2.45, 2.75) is 33.4 Å². The first kappa shape index (κ1) is 21.2. The highest BCUT2D eigenvalue weighted by Crippen LogP contribution is 2.01. The first-order valence-corrected chi connectivity index (χ1v) is 7.42. The molecule has 3 N–H and O–H groups in total. The van der Waals surface area contributed by atoms with Crippen LogP contribution in [0, 0.1) is 5.92 Å². The first-order valence-electron chi connectivity index (χ1n) is 7.42. The molecule has 0 spiro atoms. The number of aliphatic imine (C=N–C) groups is 1. The van der Waals surface area contributed by atoms with Crippen LogP contribution in [0.15, 0.2) is 27.8 Å². The van der Waals surface area contributed by atoms with Crippen molar-refractivity contribution in [2.24, 2.45) is 10.9 Å². The summed E-state index contributed by atoms with van der Waals surface area (Å²) < 4.78 is 10.6. The number of nitrogens with one attached hydrogen (secondary N) is 2. The highest BCUT2D eigenvalue weighted by molar-refractivity contribution is 14.0. The van der Waals surface area contributed by atoms with Crippen LogP contribution in [0.4, 0.5) is 0 Å². The van der Waals surface area contributed by atoms with Crippen LogP contribution in [0.5, 0.6) is 0 Å². The fourth-order valence-corrected chi connectivity index (χ4v) is 1.61. The van der Waals surface area contributed by atoms with Gasteiger partial charge in [0.1, 0.15) is 12.3 Å². The zero-order valence-electron chi connectivity index (χ0n) is 13.5. The molecule has 0 aliphatic heterocycles. The van der Waals surface area contributed by atoms with E-state index in [1.807, 2.05) is 19.1 Å². The van der Waals surface area contributed by atoms with E-state index in [2.05, 4.69) is 29.5 Å². The summed E-state index contributed by atoms with van der Waals surface area (Å²) in [6, 6.07) is 3.71. The number of hydrogen-bond donors (Lipinski definition) is 3. The number of furan rings is 1. The molecule has 0 saturated heterocycles. The molecule has 1 aromatic heterocycles. The summed E-state index contributed by atoms with van der Waals surface area (Å²) in [4.78, 5) is 4.39. The second-order valence-electron chi connectivity index (χ2n) is 5.24. The molecule has 6 nitrogen and oxygen atoms in total. The predicted molar refractivity (Wildman–Crippen MR) is 98.6 cm³/mol. The predicted octanol–water partition coefficient (Wildman–Crippen LogP) is 1.99. The zero-order chi connectivity index (χ0) is 15.5. The second kappa shape index (κ2) is 12.7. The van der Waals surface area contributed by atoms with Gasteiger partial charge in [-0.15, -0.1) is 24.0 Å². The molecular formula is C15H28IN3O3. The van der Waals surface area contributed by atoms with Crippen LogP contribution in [-0.4, -0.2) is 43.5 Å². The second-order valence-corrected chi connectivity index (χ2v) is 5.24. The van der Waals surface area contributed by atoms with E-state index in [0.717, 1.165) is 12.3 Å². The molecule has 0 fully saturated rings. The van der Waals surface area contributed by atoms with Crippen LogP contribution in [0.25, 0.3) is 0 Å². The normalized spacial score (nSPS) is 12.9. The van der Waals surface area contributed by atoms with Gasteiger partial charge in [-0.25, -0.2) is 4.99 Å². The van der Waals surface area contributed by atoms with E-state index in [1.54, 1.807) is 6.26 Å². The molecule has 0 saturated carbocycles. The van der Waals surface area contributed by atoms with Crippen molar-refractivity contribution in [3.8, 4) is 0 Å². The van der Waals surface area contributed by atoms with Crippen LogP contribution in [0.1, 0.15) is 26.5 Å². The van der Waals surface area contributed by atoms with E-state index >= 15 is 0 Å². The minimum absolute atomic E-state index is 0. The minimum Gasteiger partial charge on any atom is -0.467 e. The van der Waals surface area contributed by atoms with E-state index in [1.165, 1.54) is 0 Å². The minimum atomic E-state index is -0.559. The van der Waals surface area contributed by atoms with E-state index in [9.17, 15) is 5.11 Å². The van der Waals surface area contributed by atoms with E-state index in [0.29, 0.717) is 38.2 Å². The lowest BCUT2D eigenvalue weighted by atomic mass is 10.2. The maximum absolute atomic E-state index is 9.84. The summed E-state index contributed by atoms with van der Waals surface area (Å²) in [5.74, 6) is 1.92. The number of rotatable bonds is 9. The highest BCUT2D eigenvalue weighted by atomic mass is 127. The molecule has 7 heteroatoms. The lowest BCUT2D eigenvalue weighted by molar-refractivity contribution is 0.0280. The van der Waals surface area contributed by atoms with Crippen LogP contribution < -0.4 is 10.6 Å². The van der Waals surface area contributed by atoms with Gasteiger partial charge in [-0.1, -0.05) is 13.8 Å². The van der Waals surface area contributed by atoms with Crippen molar-refractivity contribution in [3.05, 3.63) is 24.2 Å². The maximum atomic E-state index is 9.84. The van der Waals surface area contributed by atoms with Gasteiger partial charge in [0.25, 0.3) is 0 Å². The van der Waals surface area contributed by atoms with Crippen molar-refractivity contribution in [3.63, 3.8) is 0 Å². The summed E-state index contributed by atoms with van der Waals surface area (Å²) >= 11 is 0. The molecule has 1 unspecified atom stereocenters. The van der Waals surface area contributed by atoms with Gasteiger partial charge >= 0.3 is 0 Å². The molecule has 0 aliphatic rings. The zero-order valence-corrected chi connectivity index (χ0v) is 15.9. The third kappa shape index (κ3) is 10.0. The van der Waals surface area contributed by atoms with Crippen LogP contribution >= 0.6 is 24.0 Å². The maximum Gasteiger partial charge on any atom is 0.191 e. The molecule has 1 atom stereocenters. The van der Waals surface area contributed by atoms with Crippen molar-refractivity contribution in [1.82, 2.24) is 10.6 Å². The summed E-state index contributed by atoms with van der Waals surface area (Å²) in [6.07, 6.45) is 1.07. The fourth-order valence-electron chi connectivity index (χ4n) is 1.61. The lowest BCUT2D eigenvalue weighted by Gasteiger charge is -2.16. The number of ether oxygens (including phenoxy) is 1. The standard InChI is InChI=1S/C15H27N3O3.HI/c1-4-16-15(18-9-14-6-5-7-21-14)17-8-13(19)11-20-10-12(2)3;/h5-7,12-13,19H,4,8-11H2,1-3H3,(H2,16,17,18);1H. The molecule has 1 rings (SSSR count). The molecule has 0 radical (unpaired) electrons. The summed E-state index contributed by atoms with van der Waals surface area (Å²) in [7, 11) is 0. The Kier molecular flexibility index (Phi) is 12.3. The molecule has 22 heavy (non-hydrogen) atoms. The van der Waals surface area contributed by atoms with Gasteiger partial charge in [0.2, 0.25) is 0 Å². The van der Waals surface area contributed by atoms with Gasteiger partial charge in [0.05, 0.1) is 19.0 Å². The van der Waals surface area contributed by atoms with Gasteiger partial charge < -0.3 is 24.9 Å². The number of guanidine groups is 1. The topological polar surface area (TPSA) is 79.0 Å². The van der Waals surface area contributed by atoms with E-state index < -0.39 is 6.10 Å². The number of hydrogen-bond acceptors (Lipinski definition) is 4. The lowest BCUT2D eigenvalue weighted by Crippen LogP contribution is -2.42. The Labute approximate surface area is 149 Å². The van der Waals surface area contributed by atoms with Gasteiger partial charge in [0.15, 0.2) is 5.96 Å². The van der Waals surface area contributed by atoms with Crippen LogP contribution in [0.3, 0.4) is 0 Å². The monoisotopic (exact) mass is 425 g/mol. The average Bonchev–Trinajstić information content (AvgIpc) is 2.94. The Morgan fingerprint density at radius 3 is 2.73 bits per heavy atom. The summed E-state index contributed by atoms with van der Waals surface area (Å²) in [5.41, 5.74) is 0. The molecule has 1 heterocycles. The smallest absolute Gasteiger partial charge is 0.191 e. The Morgan fingerprint density at radius 2 is 2.14 bits per heavy atom. The van der Waals surface area contributed by atoms with Crippen molar-refractivity contribution in [2.75, 3.05) is 26.3 Å². The third-order valence-electron chi connectivity index (χ3n) is 2.58. The Hall–Kier alpha value is -0.800. The fraction of sp³-hybridized carbons (Fsp3) is 0.667. The van der Waals surface area contributed by atoms with Crippen molar-refractivity contribution >= 4 is 29.9 Å². The quantitative estimate of drug-likeness (QED) is 0.321. The molecular weight excluding hydrogens is 397 g/mol. The molecule has 0 amide bonds. The molecule has 0 bridgehead atoms. The molecule has 128 valence electrons. The molecule has 1 aromatic rings. The number of aliphatic hydroxyl groups excluding tert-OH is 1. The number of halogens is 1. The summed E-state index contributed by atoms with van der Waals surface area (Å²) in [6.45, 7) is 8.73. The summed E-state index contributed by atoms with van der Waals surface area (Å²) in [5, 5.41) is 16.1. The average molecular weight is 425 g/mol. The first-order chi connectivity index (χ1) is 10.1. The van der Waals surface area contributed by atoms with E-state index in [4.69, 9.17) is 9.15 Å². The van der Waals surface area contributed by atoms with E-state index in [-0.39, 0.29) is 24.0 Å². The van der Waals surface area contributed by atoms with Crippen molar-refractivity contribution in [1.29, 1.82) is 0 Å². The van der Waals surface area contributed by atoms with Crippen molar-refractivity contribution < 1.29 is 14.3 Å². The van der Waals surface area contributed by atoms with Gasteiger partial charge in [-0.3, -0.25) is 0 Å². The number of aliphatic hydroxyl groups is 1. The van der Waals surface area contributed by atoms with Gasteiger partial charge in [-0.05, 0) is 25.0 Å². The molecule has 0 aliphatic carbocycles. The Bertz CT molecular complexity index is 397. The SMILES string of the molecule is CCNC(=NCc1ccco1)NCC(O)COCC(C)C.I. The van der Waals surface area contributed by atoms with Gasteiger partial charge in [-0.2, -0.15) is 0 Å². The Balaban J connectivity index is 0.00000441.